The lowest BCUT2D eigenvalue weighted by Crippen LogP contribution is -2.24. The first kappa shape index (κ1) is 16.3. The number of nitrogens with zero attached hydrogens (tertiary/aromatic N) is 1. The fourth-order valence-electron chi connectivity index (χ4n) is 2.10. The first-order valence-electron chi connectivity index (χ1n) is 8.02. The monoisotopic (exact) mass is 299 g/mol. The molecule has 1 aliphatic carbocycles. The summed E-state index contributed by atoms with van der Waals surface area (Å²) in [7, 11) is 0. The topological polar surface area (TPSA) is 53.5 Å². The molecule has 4 heteroatoms. The van der Waals surface area contributed by atoms with Gasteiger partial charge in [0, 0.05) is 24.2 Å². The predicted octanol–water partition coefficient (Wildman–Crippen LogP) is 3.21. The third-order valence-corrected chi connectivity index (χ3v) is 3.53. The van der Waals surface area contributed by atoms with Crippen LogP contribution in [0.3, 0.4) is 0 Å². The number of carbonyl (C=O) groups is 1. The molecule has 0 aromatic rings. The third-order valence-electron chi connectivity index (χ3n) is 3.53. The standard InChI is InChI=1S/C18H25N3O/c1-3-4-5-6-7-8-16(13-20-18(22)15-9-10-15)17-11-12-19-14(2)21-17/h4-5,7-8,11,13,15H,3,6,9-10,12H2,1-2H3,(H,19,21)(H,20,22)/b5-4-,8-7?,16-13-. The largest absolute Gasteiger partial charge is 0.370 e. The number of amides is 1. The maximum Gasteiger partial charge on any atom is 0.227 e. The quantitative estimate of drug-likeness (QED) is 0.560. The van der Waals surface area contributed by atoms with Crippen molar-refractivity contribution in [3.8, 4) is 0 Å². The minimum Gasteiger partial charge on any atom is -0.370 e. The molecule has 1 fully saturated rings. The van der Waals surface area contributed by atoms with Gasteiger partial charge in [0.15, 0.2) is 0 Å². The van der Waals surface area contributed by atoms with E-state index in [0.29, 0.717) is 0 Å². The van der Waals surface area contributed by atoms with Gasteiger partial charge in [-0.2, -0.15) is 0 Å². The molecule has 0 aromatic heterocycles. The molecule has 0 bridgehead atoms. The zero-order chi connectivity index (χ0) is 15.8. The van der Waals surface area contributed by atoms with Gasteiger partial charge in [0.05, 0.1) is 11.5 Å². The summed E-state index contributed by atoms with van der Waals surface area (Å²) in [5, 5.41) is 6.08. The van der Waals surface area contributed by atoms with Crippen LogP contribution in [0.4, 0.5) is 0 Å². The SMILES string of the molecule is CC/C=C\CC=C/C(=C/NC(=O)C1CC1)C1=CCNC(C)=N1. The molecule has 22 heavy (non-hydrogen) atoms. The Labute approximate surface area is 132 Å². The lowest BCUT2D eigenvalue weighted by Gasteiger charge is -2.13. The first-order chi connectivity index (χ1) is 10.7. The van der Waals surface area contributed by atoms with E-state index in [9.17, 15) is 4.79 Å². The van der Waals surface area contributed by atoms with Crippen LogP contribution in [0.5, 0.6) is 0 Å². The average molecular weight is 299 g/mol. The summed E-state index contributed by atoms with van der Waals surface area (Å²) < 4.78 is 0. The third kappa shape index (κ3) is 5.35. The molecule has 2 N–H and O–H groups in total. The molecule has 2 aliphatic rings. The predicted molar refractivity (Wildman–Crippen MR) is 91.3 cm³/mol. The molecule has 1 amide bonds. The second kappa shape index (κ2) is 8.37. The van der Waals surface area contributed by atoms with Crippen LogP contribution in [0, 0.1) is 5.92 Å². The van der Waals surface area contributed by atoms with E-state index in [2.05, 4.69) is 40.8 Å². The smallest absolute Gasteiger partial charge is 0.227 e. The van der Waals surface area contributed by atoms with Crippen molar-refractivity contribution < 1.29 is 4.79 Å². The Morgan fingerprint density at radius 1 is 1.41 bits per heavy atom. The summed E-state index contributed by atoms with van der Waals surface area (Å²) in [5.74, 6) is 1.23. The van der Waals surface area contributed by atoms with Gasteiger partial charge in [0.1, 0.15) is 0 Å². The van der Waals surface area contributed by atoms with Gasteiger partial charge in [0.2, 0.25) is 5.91 Å². The molecule has 0 saturated heterocycles. The van der Waals surface area contributed by atoms with Crippen LogP contribution in [0.15, 0.2) is 52.8 Å². The van der Waals surface area contributed by atoms with Crippen LogP contribution in [0.1, 0.15) is 39.5 Å². The Balaban J connectivity index is 2.05. The first-order valence-corrected chi connectivity index (χ1v) is 8.02. The van der Waals surface area contributed by atoms with E-state index >= 15 is 0 Å². The summed E-state index contributed by atoms with van der Waals surface area (Å²) in [5.41, 5.74) is 1.85. The van der Waals surface area contributed by atoms with Crippen LogP contribution in [-0.4, -0.2) is 18.3 Å². The van der Waals surface area contributed by atoms with Gasteiger partial charge in [-0.15, -0.1) is 0 Å². The van der Waals surface area contributed by atoms with E-state index in [4.69, 9.17) is 0 Å². The van der Waals surface area contributed by atoms with Crippen molar-refractivity contribution in [2.45, 2.75) is 39.5 Å². The van der Waals surface area contributed by atoms with Crippen molar-refractivity contribution in [1.82, 2.24) is 10.6 Å². The molecular formula is C18H25N3O. The highest BCUT2D eigenvalue weighted by Crippen LogP contribution is 2.28. The molecule has 0 spiro atoms. The summed E-state index contributed by atoms with van der Waals surface area (Å²) in [6.07, 6.45) is 16.2. The van der Waals surface area contributed by atoms with Crippen LogP contribution in [0.2, 0.25) is 0 Å². The summed E-state index contributed by atoms with van der Waals surface area (Å²) in [4.78, 5) is 16.3. The van der Waals surface area contributed by atoms with Crippen molar-refractivity contribution in [1.29, 1.82) is 0 Å². The van der Waals surface area contributed by atoms with Gasteiger partial charge in [-0.25, -0.2) is 4.99 Å². The van der Waals surface area contributed by atoms with E-state index in [1.807, 2.05) is 19.1 Å². The van der Waals surface area contributed by atoms with Gasteiger partial charge in [-0.1, -0.05) is 31.2 Å². The molecule has 1 saturated carbocycles. The number of nitrogens with one attached hydrogen (secondary N) is 2. The minimum absolute atomic E-state index is 0.118. The number of rotatable bonds is 7. The second-order valence-corrected chi connectivity index (χ2v) is 5.57. The molecule has 4 nitrogen and oxygen atoms in total. The number of allylic oxidation sites excluding steroid dienone is 4. The lowest BCUT2D eigenvalue weighted by molar-refractivity contribution is -0.121. The van der Waals surface area contributed by atoms with Gasteiger partial charge in [-0.05, 0) is 38.7 Å². The second-order valence-electron chi connectivity index (χ2n) is 5.57. The van der Waals surface area contributed by atoms with Gasteiger partial charge >= 0.3 is 0 Å². The molecule has 118 valence electrons. The van der Waals surface area contributed by atoms with Crippen molar-refractivity contribution in [3.05, 3.63) is 47.9 Å². The fraction of sp³-hybridized carbons (Fsp3) is 0.444. The zero-order valence-corrected chi connectivity index (χ0v) is 13.4. The Bertz CT molecular complexity index is 549. The molecule has 0 aromatic carbocycles. The summed E-state index contributed by atoms with van der Waals surface area (Å²) in [6.45, 7) is 4.83. The van der Waals surface area contributed by atoms with Crippen LogP contribution in [0.25, 0.3) is 0 Å². The molecule has 0 radical (unpaired) electrons. The van der Waals surface area contributed by atoms with E-state index < -0.39 is 0 Å². The zero-order valence-electron chi connectivity index (χ0n) is 13.4. The number of aliphatic imine (C=N–C) groups is 1. The molecular weight excluding hydrogens is 274 g/mol. The van der Waals surface area contributed by atoms with Crippen molar-refractivity contribution in [2.75, 3.05) is 6.54 Å². The Morgan fingerprint density at radius 3 is 2.91 bits per heavy atom. The van der Waals surface area contributed by atoms with Crippen molar-refractivity contribution in [3.63, 3.8) is 0 Å². The number of hydrogen-bond donors (Lipinski definition) is 2. The summed E-state index contributed by atoms with van der Waals surface area (Å²) >= 11 is 0. The van der Waals surface area contributed by atoms with Crippen molar-refractivity contribution in [2.24, 2.45) is 10.9 Å². The molecule has 1 aliphatic heterocycles. The van der Waals surface area contributed by atoms with E-state index in [1.54, 1.807) is 6.20 Å². The molecule has 2 rings (SSSR count). The Kier molecular flexibility index (Phi) is 6.19. The Morgan fingerprint density at radius 2 is 2.23 bits per heavy atom. The van der Waals surface area contributed by atoms with E-state index in [1.165, 1.54) is 0 Å². The van der Waals surface area contributed by atoms with Gasteiger partial charge < -0.3 is 10.6 Å². The number of carbonyl (C=O) groups excluding carboxylic acids is 1. The maximum atomic E-state index is 11.8. The highest BCUT2D eigenvalue weighted by molar-refractivity contribution is 5.83. The van der Waals surface area contributed by atoms with E-state index in [0.717, 1.165) is 49.3 Å². The van der Waals surface area contributed by atoms with Gasteiger partial charge in [-0.3, -0.25) is 4.79 Å². The van der Waals surface area contributed by atoms with Crippen LogP contribution < -0.4 is 10.6 Å². The van der Waals surface area contributed by atoms with Crippen molar-refractivity contribution >= 4 is 11.7 Å². The fourth-order valence-corrected chi connectivity index (χ4v) is 2.10. The number of hydrogen-bond acceptors (Lipinski definition) is 3. The average Bonchev–Trinajstić information content (AvgIpc) is 3.34. The maximum absolute atomic E-state index is 11.8. The van der Waals surface area contributed by atoms with Crippen LogP contribution in [-0.2, 0) is 4.79 Å². The number of amidine groups is 1. The highest BCUT2D eigenvalue weighted by atomic mass is 16.1. The van der Waals surface area contributed by atoms with Crippen LogP contribution >= 0.6 is 0 Å². The lowest BCUT2D eigenvalue weighted by atomic mass is 10.1. The van der Waals surface area contributed by atoms with Gasteiger partial charge in [0.25, 0.3) is 0 Å². The molecule has 0 atom stereocenters. The summed E-state index contributed by atoms with van der Waals surface area (Å²) in [6, 6.07) is 0. The minimum atomic E-state index is 0.118. The molecule has 1 heterocycles. The highest BCUT2D eigenvalue weighted by Gasteiger charge is 2.28. The van der Waals surface area contributed by atoms with E-state index in [-0.39, 0.29) is 11.8 Å². The molecule has 0 unspecified atom stereocenters. The Hall–Kier alpha value is -2.10. The normalized spacial score (nSPS) is 19.1.